The number of carbonyl (C=O) groups is 2. The topological polar surface area (TPSA) is 61.4 Å². The van der Waals surface area contributed by atoms with Crippen molar-refractivity contribution in [3.8, 4) is 0 Å². The van der Waals surface area contributed by atoms with Gasteiger partial charge in [-0.2, -0.15) is 13.2 Å². The molecule has 8 heteroatoms. The van der Waals surface area contributed by atoms with Gasteiger partial charge in [0, 0.05) is 36.8 Å². The van der Waals surface area contributed by atoms with Crippen molar-refractivity contribution in [1.82, 2.24) is 5.32 Å². The van der Waals surface area contributed by atoms with Crippen LogP contribution < -0.4 is 15.5 Å². The molecule has 0 aliphatic carbocycles. The van der Waals surface area contributed by atoms with Crippen LogP contribution >= 0.6 is 0 Å². The van der Waals surface area contributed by atoms with Gasteiger partial charge in [-0.15, -0.1) is 0 Å². The third kappa shape index (κ3) is 4.82. The van der Waals surface area contributed by atoms with Crippen molar-refractivity contribution in [1.29, 1.82) is 0 Å². The molecule has 0 unspecified atom stereocenters. The molecule has 2 aromatic rings. The molecule has 1 atom stereocenters. The van der Waals surface area contributed by atoms with E-state index in [-0.39, 0.29) is 17.5 Å². The number of hydrogen-bond acceptors (Lipinski definition) is 2. The number of carbonyl (C=O) groups excluding carboxylic acids is 2. The normalized spacial score (nSPS) is 16.9. The zero-order valence-electron chi connectivity index (χ0n) is 15.2. The van der Waals surface area contributed by atoms with Crippen LogP contribution in [0.4, 0.5) is 29.3 Å². The Balaban J connectivity index is 1.50. The molecular weight excluding hydrogens is 371 g/mol. The summed E-state index contributed by atoms with van der Waals surface area (Å²) in [6, 6.07) is 11.3. The average molecular weight is 391 g/mol. The number of benzene rings is 2. The van der Waals surface area contributed by atoms with Crippen LogP contribution in [0.2, 0.25) is 0 Å². The van der Waals surface area contributed by atoms with Crippen molar-refractivity contribution in [3.63, 3.8) is 0 Å². The van der Waals surface area contributed by atoms with Gasteiger partial charge in [0.2, 0.25) is 5.91 Å². The summed E-state index contributed by atoms with van der Waals surface area (Å²) in [7, 11) is 0. The molecular formula is C20H20F3N3O2. The van der Waals surface area contributed by atoms with Gasteiger partial charge in [-0.05, 0) is 43.3 Å². The number of nitrogens with zero attached hydrogens (tertiary/aromatic N) is 1. The molecule has 3 amide bonds. The number of rotatable bonds is 4. The van der Waals surface area contributed by atoms with Gasteiger partial charge >= 0.3 is 12.2 Å². The summed E-state index contributed by atoms with van der Waals surface area (Å²) in [6.45, 7) is 2.76. The first-order chi connectivity index (χ1) is 13.2. The summed E-state index contributed by atoms with van der Waals surface area (Å²) in [6.07, 6.45) is -4.09. The quantitative estimate of drug-likeness (QED) is 0.821. The van der Waals surface area contributed by atoms with Gasteiger partial charge in [-0.1, -0.05) is 17.7 Å². The fourth-order valence-electron chi connectivity index (χ4n) is 3.05. The highest BCUT2D eigenvalue weighted by Gasteiger charge is 2.31. The first kappa shape index (κ1) is 19.7. The molecule has 2 aromatic carbocycles. The van der Waals surface area contributed by atoms with Crippen LogP contribution in [0.1, 0.15) is 17.5 Å². The Morgan fingerprint density at radius 1 is 1.11 bits per heavy atom. The SMILES string of the molecule is Cc1ccc(N2C[C@@H](CNC(=O)Nc3ccc(C(F)(F)F)cc3)CC2=O)cc1. The lowest BCUT2D eigenvalue weighted by molar-refractivity contribution is -0.137. The van der Waals surface area contributed by atoms with Crippen molar-refractivity contribution < 1.29 is 22.8 Å². The van der Waals surface area contributed by atoms with E-state index in [0.29, 0.717) is 19.5 Å². The predicted octanol–water partition coefficient (Wildman–Crippen LogP) is 4.19. The van der Waals surface area contributed by atoms with E-state index in [0.717, 1.165) is 23.4 Å². The minimum absolute atomic E-state index is 0.00111. The molecule has 0 bridgehead atoms. The lowest BCUT2D eigenvalue weighted by Crippen LogP contribution is -2.34. The number of hydrogen-bond donors (Lipinski definition) is 2. The minimum Gasteiger partial charge on any atom is -0.338 e. The van der Waals surface area contributed by atoms with Gasteiger partial charge < -0.3 is 15.5 Å². The molecule has 1 aliphatic rings. The van der Waals surface area contributed by atoms with Gasteiger partial charge in [0.05, 0.1) is 5.56 Å². The Morgan fingerprint density at radius 2 is 1.75 bits per heavy atom. The summed E-state index contributed by atoms with van der Waals surface area (Å²) in [4.78, 5) is 25.9. The first-order valence-corrected chi connectivity index (χ1v) is 8.81. The Hall–Kier alpha value is -3.03. The summed E-state index contributed by atoms with van der Waals surface area (Å²) in [5, 5.41) is 5.16. The van der Waals surface area contributed by atoms with E-state index in [2.05, 4.69) is 10.6 Å². The Kier molecular flexibility index (Phi) is 5.58. The molecule has 1 fully saturated rings. The van der Waals surface area contributed by atoms with Gasteiger partial charge in [0.1, 0.15) is 0 Å². The second-order valence-corrected chi connectivity index (χ2v) is 6.82. The number of halogens is 3. The zero-order chi connectivity index (χ0) is 20.3. The van der Waals surface area contributed by atoms with Crippen LogP contribution in [0.15, 0.2) is 48.5 Å². The number of amides is 3. The summed E-state index contributed by atoms with van der Waals surface area (Å²) in [5.41, 5.74) is 1.41. The second-order valence-electron chi connectivity index (χ2n) is 6.82. The summed E-state index contributed by atoms with van der Waals surface area (Å²) < 4.78 is 37.6. The predicted molar refractivity (Wildman–Crippen MR) is 100 cm³/mol. The zero-order valence-corrected chi connectivity index (χ0v) is 15.2. The Bertz CT molecular complexity index is 848. The molecule has 1 heterocycles. The Labute approximate surface area is 160 Å². The molecule has 0 spiro atoms. The van der Waals surface area contributed by atoms with E-state index < -0.39 is 17.8 Å². The smallest absolute Gasteiger partial charge is 0.338 e. The van der Waals surface area contributed by atoms with Crippen molar-refractivity contribution in [2.45, 2.75) is 19.5 Å². The highest BCUT2D eigenvalue weighted by Crippen LogP contribution is 2.30. The van der Waals surface area contributed by atoms with Gasteiger partial charge in [0.15, 0.2) is 0 Å². The Morgan fingerprint density at radius 3 is 2.36 bits per heavy atom. The molecule has 0 radical (unpaired) electrons. The standard InChI is InChI=1S/C20H20F3N3O2/c1-13-2-8-17(9-3-13)26-12-14(10-18(26)27)11-24-19(28)25-16-6-4-15(5-7-16)20(21,22)23/h2-9,14H,10-12H2,1H3,(H2,24,25,28)/t14-/m1/s1. The lowest BCUT2D eigenvalue weighted by Gasteiger charge is -2.17. The van der Waals surface area contributed by atoms with Crippen LogP contribution in [0.5, 0.6) is 0 Å². The van der Waals surface area contributed by atoms with Crippen molar-refractivity contribution >= 4 is 23.3 Å². The highest BCUT2D eigenvalue weighted by atomic mass is 19.4. The van der Waals surface area contributed by atoms with Gasteiger partial charge in [-0.25, -0.2) is 4.79 Å². The monoisotopic (exact) mass is 391 g/mol. The molecule has 1 aliphatic heterocycles. The number of nitrogens with one attached hydrogen (secondary N) is 2. The van der Waals surface area contributed by atoms with E-state index in [1.165, 1.54) is 12.1 Å². The van der Waals surface area contributed by atoms with Crippen LogP contribution in [-0.2, 0) is 11.0 Å². The summed E-state index contributed by atoms with van der Waals surface area (Å²) in [5.74, 6) is -0.0361. The van der Waals surface area contributed by atoms with E-state index in [9.17, 15) is 22.8 Å². The van der Waals surface area contributed by atoms with Crippen LogP contribution in [0.25, 0.3) is 0 Å². The number of urea groups is 1. The number of anilines is 2. The number of alkyl halides is 3. The van der Waals surface area contributed by atoms with Gasteiger partial charge in [-0.3, -0.25) is 4.79 Å². The van der Waals surface area contributed by atoms with Gasteiger partial charge in [0.25, 0.3) is 0 Å². The van der Waals surface area contributed by atoms with E-state index in [1.54, 1.807) is 4.90 Å². The third-order valence-corrected chi connectivity index (χ3v) is 4.57. The fourth-order valence-corrected chi connectivity index (χ4v) is 3.05. The molecule has 2 N–H and O–H groups in total. The van der Waals surface area contributed by atoms with E-state index >= 15 is 0 Å². The largest absolute Gasteiger partial charge is 0.416 e. The lowest BCUT2D eigenvalue weighted by atomic mass is 10.1. The molecule has 5 nitrogen and oxygen atoms in total. The molecule has 3 rings (SSSR count). The number of aryl methyl sites for hydroxylation is 1. The molecule has 0 saturated carbocycles. The summed E-state index contributed by atoms with van der Waals surface area (Å²) >= 11 is 0. The highest BCUT2D eigenvalue weighted by molar-refractivity contribution is 5.96. The molecule has 148 valence electrons. The van der Waals surface area contributed by atoms with E-state index in [1.807, 2.05) is 31.2 Å². The molecule has 1 saturated heterocycles. The maximum Gasteiger partial charge on any atom is 0.416 e. The van der Waals surface area contributed by atoms with E-state index in [4.69, 9.17) is 0 Å². The second kappa shape index (κ2) is 7.92. The van der Waals surface area contributed by atoms with Crippen LogP contribution in [-0.4, -0.2) is 25.0 Å². The third-order valence-electron chi connectivity index (χ3n) is 4.57. The fraction of sp³-hybridized carbons (Fsp3) is 0.300. The van der Waals surface area contributed by atoms with Crippen LogP contribution in [0, 0.1) is 12.8 Å². The average Bonchev–Trinajstić information content (AvgIpc) is 3.01. The molecule has 28 heavy (non-hydrogen) atoms. The van der Waals surface area contributed by atoms with Crippen molar-refractivity contribution in [2.24, 2.45) is 5.92 Å². The van der Waals surface area contributed by atoms with Crippen molar-refractivity contribution in [2.75, 3.05) is 23.3 Å². The maximum absolute atomic E-state index is 12.5. The van der Waals surface area contributed by atoms with Crippen LogP contribution in [0.3, 0.4) is 0 Å². The molecule has 0 aromatic heterocycles. The van der Waals surface area contributed by atoms with Crippen molar-refractivity contribution in [3.05, 3.63) is 59.7 Å². The first-order valence-electron chi connectivity index (χ1n) is 8.81. The minimum atomic E-state index is -4.42. The maximum atomic E-state index is 12.5.